The number of carbonyl (C=O) groups is 1. The lowest BCUT2D eigenvalue weighted by molar-refractivity contribution is -0.946. The van der Waals surface area contributed by atoms with Gasteiger partial charge in [-0.1, -0.05) is 48.5 Å². The van der Waals surface area contributed by atoms with E-state index in [9.17, 15) is 9.90 Å². The third-order valence-electron chi connectivity index (χ3n) is 7.24. The lowest BCUT2D eigenvalue weighted by Gasteiger charge is -2.52. The first-order valence-electron chi connectivity index (χ1n) is 11.6. The van der Waals surface area contributed by atoms with Crippen LogP contribution in [0.25, 0.3) is 0 Å². The van der Waals surface area contributed by atoms with Gasteiger partial charge in [0.05, 0.1) is 19.4 Å². The molecule has 0 amide bonds. The normalized spacial score (nSPS) is 25.8. The minimum Gasteiger partial charge on any atom is -0.488 e. The topological polar surface area (TPSA) is 68.9 Å². The van der Waals surface area contributed by atoms with Gasteiger partial charge in [-0.05, 0) is 24.3 Å². The second-order valence-corrected chi connectivity index (χ2v) is 9.19. The van der Waals surface area contributed by atoms with Crippen molar-refractivity contribution in [2.24, 2.45) is 5.92 Å². The van der Waals surface area contributed by atoms with Crippen molar-refractivity contribution in [3.63, 3.8) is 0 Å². The smallest absolute Gasteiger partial charge is 0.351 e. The fourth-order valence-corrected chi connectivity index (χ4v) is 5.29. The third-order valence-corrected chi connectivity index (χ3v) is 7.24. The SMILES string of the molecule is O=C(O[C@H]1C[N+]2(CCOc3ccccc3)CCC1CC2)C(O)(c1ccccc1)c1ccco1. The molecule has 0 saturated carbocycles. The number of hydrogen-bond acceptors (Lipinski definition) is 5. The second-order valence-electron chi connectivity index (χ2n) is 9.19. The van der Waals surface area contributed by atoms with E-state index in [0.717, 1.165) is 49.3 Å². The number of carbonyl (C=O) groups excluding carboxylic acids is 1. The van der Waals surface area contributed by atoms with Crippen molar-refractivity contribution in [1.82, 2.24) is 0 Å². The average molecular weight is 449 g/mol. The lowest BCUT2D eigenvalue weighted by Crippen LogP contribution is -2.65. The fraction of sp³-hybridized carbons (Fsp3) is 0.370. The molecule has 3 aliphatic heterocycles. The lowest BCUT2D eigenvalue weighted by atomic mass is 9.83. The number of rotatable bonds is 8. The molecular weight excluding hydrogens is 418 g/mol. The van der Waals surface area contributed by atoms with Gasteiger partial charge in [-0.2, -0.15) is 0 Å². The molecule has 2 aromatic carbocycles. The Kier molecular flexibility index (Phi) is 5.96. The van der Waals surface area contributed by atoms with Gasteiger partial charge in [0.1, 0.15) is 25.4 Å². The van der Waals surface area contributed by atoms with Crippen LogP contribution in [0, 0.1) is 5.92 Å². The van der Waals surface area contributed by atoms with Gasteiger partial charge < -0.3 is 23.5 Å². The van der Waals surface area contributed by atoms with E-state index in [1.807, 2.05) is 36.4 Å². The van der Waals surface area contributed by atoms with Crippen molar-refractivity contribution < 1.29 is 28.3 Å². The van der Waals surface area contributed by atoms with Gasteiger partial charge in [0.15, 0.2) is 11.9 Å². The van der Waals surface area contributed by atoms with Gasteiger partial charge in [0.25, 0.3) is 0 Å². The zero-order valence-electron chi connectivity index (χ0n) is 18.6. The Hall–Kier alpha value is -3.09. The number of fused-ring (bicyclic) bond motifs is 3. The maximum Gasteiger partial charge on any atom is 0.351 e. The summed E-state index contributed by atoms with van der Waals surface area (Å²) in [5.41, 5.74) is -1.54. The van der Waals surface area contributed by atoms with E-state index >= 15 is 0 Å². The first kappa shape index (κ1) is 21.7. The number of piperidine rings is 3. The highest BCUT2D eigenvalue weighted by Gasteiger charge is 2.51. The van der Waals surface area contributed by atoms with E-state index < -0.39 is 11.6 Å². The maximum atomic E-state index is 13.4. The summed E-state index contributed by atoms with van der Waals surface area (Å²) in [5.74, 6) is 0.679. The summed E-state index contributed by atoms with van der Waals surface area (Å²) in [7, 11) is 0. The molecule has 6 rings (SSSR count). The van der Waals surface area contributed by atoms with Crippen LogP contribution in [0.15, 0.2) is 83.5 Å². The van der Waals surface area contributed by atoms with E-state index in [2.05, 4.69) is 0 Å². The highest BCUT2D eigenvalue weighted by molar-refractivity contribution is 5.84. The number of nitrogens with zero attached hydrogens (tertiary/aromatic N) is 1. The monoisotopic (exact) mass is 448 g/mol. The van der Waals surface area contributed by atoms with E-state index in [1.165, 1.54) is 6.26 Å². The molecule has 1 aromatic heterocycles. The van der Waals surface area contributed by atoms with Crippen LogP contribution >= 0.6 is 0 Å². The molecule has 1 unspecified atom stereocenters. The molecule has 2 bridgehead atoms. The van der Waals surface area contributed by atoms with Gasteiger partial charge in [0, 0.05) is 24.3 Å². The predicted octanol–water partition coefficient (Wildman–Crippen LogP) is 3.75. The minimum atomic E-state index is -1.97. The second kappa shape index (κ2) is 9.04. The Morgan fingerprint density at radius 3 is 2.36 bits per heavy atom. The Morgan fingerprint density at radius 2 is 1.70 bits per heavy atom. The van der Waals surface area contributed by atoms with Crippen LogP contribution < -0.4 is 4.74 Å². The fourth-order valence-electron chi connectivity index (χ4n) is 5.29. The number of para-hydroxylation sites is 1. The molecule has 172 valence electrons. The Balaban J connectivity index is 1.29. The van der Waals surface area contributed by atoms with Crippen molar-refractivity contribution in [1.29, 1.82) is 0 Å². The summed E-state index contributed by atoms with van der Waals surface area (Å²) < 4.78 is 18.4. The molecule has 3 aliphatic rings. The number of hydrogen-bond donors (Lipinski definition) is 1. The first-order valence-corrected chi connectivity index (χ1v) is 11.6. The molecule has 0 radical (unpaired) electrons. The van der Waals surface area contributed by atoms with E-state index in [4.69, 9.17) is 13.9 Å². The van der Waals surface area contributed by atoms with Crippen LogP contribution in [-0.2, 0) is 15.1 Å². The Bertz CT molecular complexity index is 1040. The molecule has 0 aliphatic carbocycles. The summed E-state index contributed by atoms with van der Waals surface area (Å²) >= 11 is 0. The quantitative estimate of drug-likeness (QED) is 0.420. The molecule has 33 heavy (non-hydrogen) atoms. The zero-order chi connectivity index (χ0) is 22.7. The van der Waals surface area contributed by atoms with E-state index in [0.29, 0.717) is 18.1 Å². The summed E-state index contributed by atoms with van der Waals surface area (Å²) in [6.07, 6.45) is 3.24. The number of ether oxygens (including phenoxy) is 2. The molecule has 3 aromatic rings. The largest absolute Gasteiger partial charge is 0.488 e. The Labute approximate surface area is 193 Å². The van der Waals surface area contributed by atoms with E-state index in [1.54, 1.807) is 36.4 Å². The Morgan fingerprint density at radius 1 is 1.00 bits per heavy atom. The number of furan rings is 1. The van der Waals surface area contributed by atoms with Crippen molar-refractivity contribution in [2.75, 3.05) is 32.8 Å². The number of aliphatic hydroxyl groups is 1. The standard InChI is InChI=1S/C27H30NO5/c29-26(27(30,25-12-7-18-32-25)22-8-3-1-4-9-22)33-24-20-28(15-13-21(24)14-16-28)17-19-31-23-10-5-2-6-11-23/h1-12,18,21,24,30H,13-17,19-20H2/q+1/t21?,24-,27?,28?/m0/s1. The van der Waals surface area contributed by atoms with Crippen LogP contribution in [-0.4, -0.2) is 54.4 Å². The summed E-state index contributed by atoms with van der Waals surface area (Å²) in [4.78, 5) is 13.4. The molecule has 0 spiro atoms. The maximum absolute atomic E-state index is 13.4. The van der Waals surface area contributed by atoms with Gasteiger partial charge in [-0.15, -0.1) is 0 Å². The summed E-state index contributed by atoms with van der Waals surface area (Å²) in [5, 5.41) is 11.6. The third kappa shape index (κ3) is 4.28. The van der Waals surface area contributed by atoms with Gasteiger partial charge >= 0.3 is 5.97 Å². The van der Waals surface area contributed by atoms with Gasteiger partial charge in [0.2, 0.25) is 5.60 Å². The molecule has 6 heteroatoms. The summed E-state index contributed by atoms with van der Waals surface area (Å²) in [6.45, 7) is 4.38. The van der Waals surface area contributed by atoms with Crippen molar-refractivity contribution in [2.45, 2.75) is 24.5 Å². The van der Waals surface area contributed by atoms with Crippen LogP contribution in [0.1, 0.15) is 24.2 Å². The van der Waals surface area contributed by atoms with Crippen LogP contribution in [0.4, 0.5) is 0 Å². The average Bonchev–Trinajstić information content (AvgIpc) is 3.41. The number of esters is 1. The van der Waals surface area contributed by atoms with Crippen molar-refractivity contribution in [3.8, 4) is 5.75 Å². The van der Waals surface area contributed by atoms with Crippen molar-refractivity contribution >= 4 is 5.97 Å². The van der Waals surface area contributed by atoms with Gasteiger partial charge in [-0.3, -0.25) is 0 Å². The summed E-state index contributed by atoms with van der Waals surface area (Å²) in [6, 6.07) is 22.0. The van der Waals surface area contributed by atoms with Crippen LogP contribution in [0.2, 0.25) is 0 Å². The van der Waals surface area contributed by atoms with Gasteiger partial charge in [-0.25, -0.2) is 4.79 Å². The minimum absolute atomic E-state index is 0.167. The van der Waals surface area contributed by atoms with Crippen molar-refractivity contribution in [3.05, 3.63) is 90.4 Å². The number of quaternary nitrogens is 1. The first-order chi connectivity index (χ1) is 16.1. The van der Waals surface area contributed by atoms with Crippen LogP contribution in [0.3, 0.4) is 0 Å². The molecule has 2 atom stereocenters. The molecule has 3 saturated heterocycles. The number of benzene rings is 2. The molecular formula is C27H30NO5+. The molecule has 1 N–H and O–H groups in total. The molecule has 4 heterocycles. The molecule has 6 nitrogen and oxygen atoms in total. The highest BCUT2D eigenvalue weighted by Crippen LogP contribution is 2.38. The zero-order valence-corrected chi connectivity index (χ0v) is 18.6. The predicted molar refractivity (Wildman–Crippen MR) is 122 cm³/mol. The van der Waals surface area contributed by atoms with Crippen LogP contribution in [0.5, 0.6) is 5.75 Å². The highest BCUT2D eigenvalue weighted by atomic mass is 16.6. The molecule has 3 fully saturated rings. The van der Waals surface area contributed by atoms with E-state index in [-0.39, 0.29) is 11.9 Å².